The van der Waals surface area contributed by atoms with E-state index in [1.807, 2.05) is 13.8 Å². The average Bonchev–Trinajstić information content (AvgIpc) is 3.01. The molecule has 21 heavy (non-hydrogen) atoms. The fraction of sp³-hybridized carbons (Fsp3) is 0.667. The number of hydrogen-bond donors (Lipinski definition) is 1. The molecule has 1 aliphatic heterocycles. The Balaban J connectivity index is 1.74. The molecule has 0 unspecified atom stereocenters. The van der Waals surface area contributed by atoms with Crippen molar-refractivity contribution in [3.8, 4) is 0 Å². The molecule has 0 spiro atoms. The number of nitrogens with zero attached hydrogens (tertiary/aromatic N) is 2. The van der Waals surface area contributed by atoms with Crippen LogP contribution in [0.25, 0.3) is 0 Å². The van der Waals surface area contributed by atoms with Crippen molar-refractivity contribution in [3.63, 3.8) is 0 Å². The summed E-state index contributed by atoms with van der Waals surface area (Å²) < 4.78 is 0. The molecular weight excluding hydrogens is 288 g/mol. The van der Waals surface area contributed by atoms with Crippen molar-refractivity contribution in [2.45, 2.75) is 32.6 Å². The zero-order valence-electron chi connectivity index (χ0n) is 12.3. The van der Waals surface area contributed by atoms with Crippen molar-refractivity contribution in [1.82, 2.24) is 9.88 Å². The van der Waals surface area contributed by atoms with Crippen molar-refractivity contribution in [2.24, 2.45) is 17.8 Å². The molecule has 1 saturated carbocycles. The van der Waals surface area contributed by atoms with Gasteiger partial charge in [0.1, 0.15) is 5.69 Å². The Kier molecular flexibility index (Phi) is 3.73. The van der Waals surface area contributed by atoms with Gasteiger partial charge in [0.05, 0.1) is 10.9 Å². The van der Waals surface area contributed by atoms with Crippen molar-refractivity contribution >= 4 is 23.2 Å². The predicted molar refractivity (Wildman–Crippen MR) is 79.4 cm³/mol. The number of carbonyl (C=O) groups excluding carboxylic acids is 1. The first-order valence-electron chi connectivity index (χ1n) is 7.45. The van der Waals surface area contributed by atoms with Gasteiger partial charge in [0, 0.05) is 24.4 Å². The molecule has 1 N–H and O–H groups in total. The highest BCUT2D eigenvalue weighted by atomic mass is 32.1. The SMILES string of the molecule is CC(C)c1nc(C(=O)N2C[C@H](C(=O)O)[C@@H](C3CC3)C2)cs1. The van der Waals surface area contributed by atoms with E-state index in [1.165, 1.54) is 11.3 Å². The van der Waals surface area contributed by atoms with E-state index in [0.29, 0.717) is 30.6 Å². The van der Waals surface area contributed by atoms with Crippen LogP contribution in [0.1, 0.15) is 48.1 Å². The fourth-order valence-electron chi connectivity index (χ4n) is 3.07. The number of likely N-dealkylation sites (tertiary alicyclic amines) is 1. The van der Waals surface area contributed by atoms with E-state index in [1.54, 1.807) is 10.3 Å². The minimum atomic E-state index is -0.775. The first-order valence-corrected chi connectivity index (χ1v) is 8.32. The van der Waals surface area contributed by atoms with Gasteiger partial charge in [-0.15, -0.1) is 11.3 Å². The Morgan fingerprint density at radius 1 is 1.38 bits per heavy atom. The van der Waals surface area contributed by atoms with E-state index >= 15 is 0 Å². The van der Waals surface area contributed by atoms with E-state index in [-0.39, 0.29) is 11.8 Å². The smallest absolute Gasteiger partial charge is 0.308 e. The first-order chi connectivity index (χ1) is 9.97. The van der Waals surface area contributed by atoms with Crippen LogP contribution in [0.5, 0.6) is 0 Å². The molecule has 0 aromatic carbocycles. The average molecular weight is 308 g/mol. The third-order valence-corrected chi connectivity index (χ3v) is 5.58. The summed E-state index contributed by atoms with van der Waals surface area (Å²) in [5.41, 5.74) is 0.462. The lowest BCUT2D eigenvalue weighted by Crippen LogP contribution is -2.30. The maximum atomic E-state index is 12.5. The Bertz CT molecular complexity index is 565. The monoisotopic (exact) mass is 308 g/mol. The second-order valence-corrected chi connectivity index (χ2v) is 7.27. The lowest BCUT2D eigenvalue weighted by Gasteiger charge is -2.14. The van der Waals surface area contributed by atoms with Gasteiger partial charge in [0.2, 0.25) is 0 Å². The van der Waals surface area contributed by atoms with Gasteiger partial charge in [-0.1, -0.05) is 13.8 Å². The van der Waals surface area contributed by atoms with Crippen LogP contribution in [0.15, 0.2) is 5.38 Å². The zero-order valence-corrected chi connectivity index (χ0v) is 13.1. The molecule has 3 rings (SSSR count). The minimum Gasteiger partial charge on any atom is -0.481 e. The Morgan fingerprint density at radius 3 is 2.62 bits per heavy atom. The normalized spacial score (nSPS) is 25.6. The highest BCUT2D eigenvalue weighted by molar-refractivity contribution is 7.09. The number of thiazole rings is 1. The predicted octanol–water partition coefficient (Wildman–Crippen LogP) is 2.45. The van der Waals surface area contributed by atoms with Gasteiger partial charge in [-0.25, -0.2) is 4.98 Å². The molecule has 1 saturated heterocycles. The van der Waals surface area contributed by atoms with E-state index in [0.717, 1.165) is 17.8 Å². The van der Waals surface area contributed by atoms with Crippen molar-refractivity contribution < 1.29 is 14.7 Å². The largest absolute Gasteiger partial charge is 0.481 e. The van der Waals surface area contributed by atoms with Gasteiger partial charge >= 0.3 is 5.97 Å². The molecular formula is C15H20N2O3S. The summed E-state index contributed by atoms with van der Waals surface area (Å²) in [5, 5.41) is 12.1. The van der Waals surface area contributed by atoms with Crippen molar-refractivity contribution in [1.29, 1.82) is 0 Å². The van der Waals surface area contributed by atoms with Crippen LogP contribution in [0.4, 0.5) is 0 Å². The van der Waals surface area contributed by atoms with Gasteiger partial charge in [0.25, 0.3) is 5.91 Å². The number of carbonyl (C=O) groups is 2. The lowest BCUT2D eigenvalue weighted by atomic mass is 9.92. The number of amides is 1. The Morgan fingerprint density at radius 2 is 2.10 bits per heavy atom. The number of carboxylic acids is 1. The van der Waals surface area contributed by atoms with E-state index in [4.69, 9.17) is 0 Å². The maximum Gasteiger partial charge on any atom is 0.308 e. The number of aliphatic carboxylic acids is 1. The summed E-state index contributed by atoms with van der Waals surface area (Å²) in [6.07, 6.45) is 2.20. The van der Waals surface area contributed by atoms with Gasteiger partial charge in [-0.2, -0.15) is 0 Å². The summed E-state index contributed by atoms with van der Waals surface area (Å²) in [5.74, 6) is -0.387. The lowest BCUT2D eigenvalue weighted by molar-refractivity contribution is -0.142. The van der Waals surface area contributed by atoms with Crippen LogP contribution >= 0.6 is 11.3 Å². The van der Waals surface area contributed by atoms with Crippen LogP contribution in [-0.2, 0) is 4.79 Å². The molecule has 2 heterocycles. The molecule has 0 radical (unpaired) electrons. The summed E-state index contributed by atoms with van der Waals surface area (Å²) in [4.78, 5) is 30.0. The zero-order chi connectivity index (χ0) is 15.1. The van der Waals surface area contributed by atoms with Crippen molar-refractivity contribution in [3.05, 3.63) is 16.1 Å². The summed E-state index contributed by atoms with van der Waals surface area (Å²) in [7, 11) is 0. The van der Waals surface area contributed by atoms with E-state index in [9.17, 15) is 14.7 Å². The van der Waals surface area contributed by atoms with Gasteiger partial charge in [0.15, 0.2) is 0 Å². The molecule has 6 heteroatoms. The number of carboxylic acid groups (broad SMARTS) is 1. The second kappa shape index (κ2) is 5.40. The number of hydrogen-bond acceptors (Lipinski definition) is 4. The van der Waals surface area contributed by atoms with E-state index < -0.39 is 11.9 Å². The van der Waals surface area contributed by atoms with Crippen LogP contribution in [-0.4, -0.2) is 40.0 Å². The van der Waals surface area contributed by atoms with Crippen LogP contribution < -0.4 is 0 Å². The third kappa shape index (κ3) is 2.81. The second-order valence-electron chi connectivity index (χ2n) is 6.38. The molecule has 2 aliphatic rings. The standard InChI is InChI=1S/C15H20N2O3S/c1-8(2)13-16-12(7-21-13)14(18)17-5-10(9-3-4-9)11(6-17)15(19)20/h7-11H,3-6H2,1-2H3,(H,19,20)/t10-,11+/m1/s1. The van der Waals surface area contributed by atoms with Gasteiger partial charge < -0.3 is 10.0 Å². The number of aromatic nitrogens is 1. The minimum absolute atomic E-state index is 0.118. The first kappa shape index (κ1) is 14.5. The molecule has 5 nitrogen and oxygen atoms in total. The molecule has 1 amide bonds. The molecule has 2 atom stereocenters. The van der Waals surface area contributed by atoms with Gasteiger partial charge in [-0.3, -0.25) is 9.59 Å². The Hall–Kier alpha value is -1.43. The third-order valence-electron chi connectivity index (χ3n) is 4.43. The highest BCUT2D eigenvalue weighted by Crippen LogP contribution is 2.44. The van der Waals surface area contributed by atoms with Crippen LogP contribution in [0.3, 0.4) is 0 Å². The summed E-state index contributed by atoms with van der Waals surface area (Å²) >= 11 is 1.50. The molecule has 1 aromatic rings. The van der Waals surface area contributed by atoms with Crippen LogP contribution in [0.2, 0.25) is 0 Å². The maximum absolute atomic E-state index is 12.5. The molecule has 2 fully saturated rings. The van der Waals surface area contributed by atoms with E-state index in [2.05, 4.69) is 4.98 Å². The molecule has 114 valence electrons. The number of rotatable bonds is 4. The molecule has 1 aliphatic carbocycles. The molecule has 1 aromatic heterocycles. The van der Waals surface area contributed by atoms with Crippen LogP contribution in [0, 0.1) is 17.8 Å². The summed E-state index contributed by atoms with van der Waals surface area (Å²) in [6, 6.07) is 0. The topological polar surface area (TPSA) is 70.5 Å². The highest BCUT2D eigenvalue weighted by Gasteiger charge is 2.47. The molecule has 0 bridgehead atoms. The quantitative estimate of drug-likeness (QED) is 0.927. The summed E-state index contributed by atoms with van der Waals surface area (Å²) in [6.45, 7) is 4.98. The van der Waals surface area contributed by atoms with Crippen molar-refractivity contribution in [2.75, 3.05) is 13.1 Å². The Labute approximate surface area is 128 Å². The van der Waals surface area contributed by atoms with Gasteiger partial charge in [-0.05, 0) is 24.7 Å². The fourth-order valence-corrected chi connectivity index (χ4v) is 3.88.